The second kappa shape index (κ2) is 3.52. The quantitative estimate of drug-likeness (QED) is 0.643. The van der Waals surface area contributed by atoms with E-state index in [1.807, 2.05) is 0 Å². The van der Waals surface area contributed by atoms with Crippen molar-refractivity contribution in [3.63, 3.8) is 0 Å². The molecular formula is C8H16O3. The molecule has 0 aliphatic carbocycles. The zero-order valence-electron chi connectivity index (χ0n) is 7.28. The molecule has 3 heteroatoms. The SMILES string of the molecule is COC1OC(CO)C(C)[C@@H]1C. The van der Waals surface area contributed by atoms with Crippen LogP contribution in [0, 0.1) is 11.8 Å². The first kappa shape index (κ1) is 8.97. The number of aliphatic hydroxyl groups is 1. The molecule has 0 aromatic rings. The van der Waals surface area contributed by atoms with E-state index < -0.39 is 0 Å². The molecule has 0 radical (unpaired) electrons. The van der Waals surface area contributed by atoms with Crippen LogP contribution in [-0.4, -0.2) is 31.2 Å². The fourth-order valence-electron chi connectivity index (χ4n) is 1.49. The van der Waals surface area contributed by atoms with Gasteiger partial charge in [0.2, 0.25) is 0 Å². The Balaban J connectivity index is 2.53. The van der Waals surface area contributed by atoms with Crippen LogP contribution in [0.3, 0.4) is 0 Å². The van der Waals surface area contributed by atoms with Crippen LogP contribution < -0.4 is 0 Å². The Hall–Kier alpha value is -0.120. The normalized spacial score (nSPS) is 44.7. The number of aliphatic hydroxyl groups excluding tert-OH is 1. The van der Waals surface area contributed by atoms with Crippen LogP contribution in [0.5, 0.6) is 0 Å². The molecule has 1 aliphatic rings. The van der Waals surface area contributed by atoms with Crippen molar-refractivity contribution < 1.29 is 14.6 Å². The molecule has 0 spiro atoms. The molecule has 1 N–H and O–H groups in total. The lowest BCUT2D eigenvalue weighted by atomic mass is 9.94. The van der Waals surface area contributed by atoms with Crippen molar-refractivity contribution in [2.24, 2.45) is 11.8 Å². The molecule has 3 nitrogen and oxygen atoms in total. The van der Waals surface area contributed by atoms with Crippen LogP contribution in [0.1, 0.15) is 13.8 Å². The predicted molar refractivity (Wildman–Crippen MR) is 41.1 cm³/mol. The van der Waals surface area contributed by atoms with Crippen LogP contribution in [0.4, 0.5) is 0 Å². The molecule has 4 atom stereocenters. The highest BCUT2D eigenvalue weighted by Gasteiger charge is 2.38. The van der Waals surface area contributed by atoms with Crippen molar-refractivity contribution in [2.75, 3.05) is 13.7 Å². The summed E-state index contributed by atoms with van der Waals surface area (Å²) >= 11 is 0. The minimum Gasteiger partial charge on any atom is -0.394 e. The summed E-state index contributed by atoms with van der Waals surface area (Å²) in [6, 6.07) is 0. The van der Waals surface area contributed by atoms with Crippen molar-refractivity contribution in [1.82, 2.24) is 0 Å². The number of hydrogen-bond donors (Lipinski definition) is 1. The molecule has 0 aromatic carbocycles. The van der Waals surface area contributed by atoms with Crippen molar-refractivity contribution in [2.45, 2.75) is 26.2 Å². The highest BCUT2D eigenvalue weighted by atomic mass is 16.7. The van der Waals surface area contributed by atoms with Crippen LogP contribution in [-0.2, 0) is 9.47 Å². The van der Waals surface area contributed by atoms with E-state index in [-0.39, 0.29) is 19.0 Å². The first-order valence-corrected chi connectivity index (χ1v) is 3.99. The van der Waals surface area contributed by atoms with Gasteiger partial charge in [0, 0.05) is 13.0 Å². The fraction of sp³-hybridized carbons (Fsp3) is 1.00. The summed E-state index contributed by atoms with van der Waals surface area (Å²) in [7, 11) is 1.63. The fourth-order valence-corrected chi connectivity index (χ4v) is 1.49. The van der Waals surface area contributed by atoms with E-state index >= 15 is 0 Å². The van der Waals surface area contributed by atoms with Gasteiger partial charge in [0.1, 0.15) is 0 Å². The maximum Gasteiger partial charge on any atom is 0.160 e. The molecule has 1 rings (SSSR count). The minimum absolute atomic E-state index is 0.0463. The maximum atomic E-state index is 8.89. The second-order valence-corrected chi connectivity index (χ2v) is 3.18. The van der Waals surface area contributed by atoms with Gasteiger partial charge in [-0.1, -0.05) is 13.8 Å². The Morgan fingerprint density at radius 2 is 2.00 bits per heavy atom. The topological polar surface area (TPSA) is 38.7 Å². The summed E-state index contributed by atoms with van der Waals surface area (Å²) in [6.07, 6.45) is -0.183. The molecule has 1 aliphatic heterocycles. The van der Waals surface area contributed by atoms with Gasteiger partial charge in [0.05, 0.1) is 12.7 Å². The van der Waals surface area contributed by atoms with E-state index in [9.17, 15) is 0 Å². The predicted octanol–water partition coefficient (Wildman–Crippen LogP) is 0.622. The molecule has 1 fully saturated rings. The lowest BCUT2D eigenvalue weighted by Crippen LogP contribution is -2.19. The molecule has 0 bridgehead atoms. The molecule has 11 heavy (non-hydrogen) atoms. The van der Waals surface area contributed by atoms with Gasteiger partial charge < -0.3 is 14.6 Å². The summed E-state index contributed by atoms with van der Waals surface area (Å²) in [4.78, 5) is 0. The monoisotopic (exact) mass is 160 g/mol. The van der Waals surface area contributed by atoms with Gasteiger partial charge in [-0.2, -0.15) is 0 Å². The molecule has 1 heterocycles. The van der Waals surface area contributed by atoms with E-state index in [4.69, 9.17) is 14.6 Å². The standard InChI is InChI=1S/C8H16O3/c1-5-6(2)8(10-3)11-7(5)4-9/h5-9H,4H2,1-3H3/t5?,6-,7?,8?/m0/s1. The lowest BCUT2D eigenvalue weighted by molar-refractivity contribution is -0.136. The van der Waals surface area contributed by atoms with E-state index in [0.29, 0.717) is 11.8 Å². The van der Waals surface area contributed by atoms with Gasteiger partial charge in [-0.15, -0.1) is 0 Å². The molecule has 0 aromatic heterocycles. The first-order chi connectivity index (χ1) is 5.20. The summed E-state index contributed by atoms with van der Waals surface area (Å²) in [5.74, 6) is 0.752. The molecular weight excluding hydrogens is 144 g/mol. The Kier molecular flexibility index (Phi) is 2.87. The van der Waals surface area contributed by atoms with Crippen LogP contribution >= 0.6 is 0 Å². The van der Waals surface area contributed by atoms with Gasteiger partial charge in [-0.25, -0.2) is 0 Å². The molecule has 3 unspecified atom stereocenters. The number of ether oxygens (including phenoxy) is 2. The largest absolute Gasteiger partial charge is 0.394 e. The van der Waals surface area contributed by atoms with Crippen molar-refractivity contribution in [3.8, 4) is 0 Å². The minimum atomic E-state index is -0.137. The third-order valence-electron chi connectivity index (χ3n) is 2.57. The van der Waals surface area contributed by atoms with Crippen LogP contribution in [0.2, 0.25) is 0 Å². The summed E-state index contributed by atoms with van der Waals surface area (Å²) < 4.78 is 10.5. The van der Waals surface area contributed by atoms with Gasteiger partial charge in [0.25, 0.3) is 0 Å². The third-order valence-corrected chi connectivity index (χ3v) is 2.57. The third kappa shape index (κ3) is 1.55. The first-order valence-electron chi connectivity index (χ1n) is 3.99. The van der Waals surface area contributed by atoms with Gasteiger partial charge in [0.15, 0.2) is 6.29 Å². The molecule has 66 valence electrons. The Bertz CT molecular complexity index is 109. The highest BCUT2D eigenvalue weighted by molar-refractivity contribution is 4.80. The molecule has 0 amide bonds. The zero-order chi connectivity index (χ0) is 8.43. The Morgan fingerprint density at radius 1 is 1.36 bits per heavy atom. The second-order valence-electron chi connectivity index (χ2n) is 3.18. The van der Waals surface area contributed by atoms with Gasteiger partial charge in [-0.3, -0.25) is 0 Å². The highest BCUT2D eigenvalue weighted by Crippen LogP contribution is 2.31. The van der Waals surface area contributed by atoms with Crippen molar-refractivity contribution in [3.05, 3.63) is 0 Å². The lowest BCUT2D eigenvalue weighted by Gasteiger charge is -2.13. The number of rotatable bonds is 2. The van der Waals surface area contributed by atoms with E-state index in [2.05, 4.69) is 13.8 Å². The van der Waals surface area contributed by atoms with E-state index in [1.165, 1.54) is 0 Å². The Labute approximate surface area is 67.3 Å². The maximum absolute atomic E-state index is 8.89. The molecule has 1 saturated heterocycles. The van der Waals surface area contributed by atoms with Crippen molar-refractivity contribution in [1.29, 1.82) is 0 Å². The summed E-state index contributed by atoms with van der Waals surface area (Å²) in [5, 5.41) is 8.89. The van der Waals surface area contributed by atoms with Crippen molar-refractivity contribution >= 4 is 0 Å². The number of hydrogen-bond acceptors (Lipinski definition) is 3. The number of methoxy groups -OCH3 is 1. The van der Waals surface area contributed by atoms with Gasteiger partial charge in [-0.05, 0) is 5.92 Å². The van der Waals surface area contributed by atoms with Crippen LogP contribution in [0.25, 0.3) is 0 Å². The summed E-state index contributed by atoms with van der Waals surface area (Å²) in [6.45, 7) is 4.24. The molecule has 0 saturated carbocycles. The average Bonchev–Trinajstić information content (AvgIpc) is 2.30. The van der Waals surface area contributed by atoms with E-state index in [1.54, 1.807) is 7.11 Å². The van der Waals surface area contributed by atoms with Crippen LogP contribution in [0.15, 0.2) is 0 Å². The van der Waals surface area contributed by atoms with Gasteiger partial charge >= 0.3 is 0 Å². The zero-order valence-corrected chi connectivity index (χ0v) is 7.28. The summed E-state index contributed by atoms with van der Waals surface area (Å²) in [5.41, 5.74) is 0. The smallest absolute Gasteiger partial charge is 0.160 e. The average molecular weight is 160 g/mol. The van der Waals surface area contributed by atoms with E-state index in [0.717, 1.165) is 0 Å². The Morgan fingerprint density at radius 3 is 2.27 bits per heavy atom.